The number of carbonyl (C=O) groups is 1. The van der Waals surface area contributed by atoms with Gasteiger partial charge in [-0.05, 0) is 57.5 Å². The lowest BCUT2D eigenvalue weighted by molar-refractivity contribution is -0.384. The van der Waals surface area contributed by atoms with Gasteiger partial charge < -0.3 is 15.4 Å². The molecule has 0 saturated carbocycles. The number of nitrogens with one attached hydrogen (secondary N) is 2. The van der Waals surface area contributed by atoms with Crippen LogP contribution in [0.4, 0.5) is 16.2 Å². The highest BCUT2D eigenvalue weighted by Crippen LogP contribution is 2.32. The summed E-state index contributed by atoms with van der Waals surface area (Å²) in [5.41, 5.74) is 2.24. The molecule has 0 bridgehead atoms. The summed E-state index contributed by atoms with van der Waals surface area (Å²) in [6.45, 7) is 6.72. The van der Waals surface area contributed by atoms with Crippen LogP contribution in [-0.4, -0.2) is 34.7 Å². The fourth-order valence-electron chi connectivity index (χ4n) is 2.71. The molecule has 2 aromatic carbocycles. The number of benzene rings is 2. The van der Waals surface area contributed by atoms with E-state index in [1.165, 1.54) is 17.4 Å². The standard InChI is InChI=1S/C21H24N4O4S/c1-21(2,3)29-20(26)23-12-4-11-22-15-7-5-14(6-8-15)19-24-17-10-9-16(25(27)28)13-18(17)30-19/h5-10,13,22H,4,11-12H2,1-3H3,(H,23,26). The Labute approximate surface area is 178 Å². The predicted octanol–water partition coefficient (Wildman–Crippen LogP) is 5.20. The van der Waals surface area contributed by atoms with E-state index in [-0.39, 0.29) is 5.69 Å². The van der Waals surface area contributed by atoms with E-state index in [9.17, 15) is 14.9 Å². The third kappa shape index (κ3) is 5.90. The molecule has 0 aliphatic carbocycles. The predicted molar refractivity (Wildman–Crippen MR) is 119 cm³/mol. The summed E-state index contributed by atoms with van der Waals surface area (Å²) in [5.74, 6) is 0. The van der Waals surface area contributed by atoms with Gasteiger partial charge in [-0.1, -0.05) is 0 Å². The number of thiazole rings is 1. The molecule has 3 rings (SSSR count). The van der Waals surface area contributed by atoms with Gasteiger partial charge in [0.15, 0.2) is 0 Å². The maximum absolute atomic E-state index is 11.6. The van der Waals surface area contributed by atoms with E-state index in [0.29, 0.717) is 13.1 Å². The summed E-state index contributed by atoms with van der Waals surface area (Å²) in [6.07, 6.45) is 0.352. The fraction of sp³-hybridized carbons (Fsp3) is 0.333. The van der Waals surface area contributed by atoms with Crippen LogP contribution in [0.1, 0.15) is 27.2 Å². The molecule has 0 fully saturated rings. The largest absolute Gasteiger partial charge is 0.444 e. The monoisotopic (exact) mass is 428 g/mol. The molecule has 8 nitrogen and oxygen atoms in total. The highest BCUT2D eigenvalue weighted by Gasteiger charge is 2.15. The number of hydrogen-bond donors (Lipinski definition) is 2. The second-order valence-electron chi connectivity index (χ2n) is 7.71. The lowest BCUT2D eigenvalue weighted by Crippen LogP contribution is -2.33. The van der Waals surface area contributed by atoms with Gasteiger partial charge in [-0.2, -0.15) is 0 Å². The van der Waals surface area contributed by atoms with Crippen molar-refractivity contribution in [1.29, 1.82) is 0 Å². The van der Waals surface area contributed by atoms with E-state index in [4.69, 9.17) is 4.74 Å². The van der Waals surface area contributed by atoms with Crippen LogP contribution in [0.25, 0.3) is 20.8 Å². The first kappa shape index (κ1) is 21.5. The lowest BCUT2D eigenvalue weighted by Gasteiger charge is -2.19. The summed E-state index contributed by atoms with van der Waals surface area (Å²) in [5, 5.41) is 17.8. The van der Waals surface area contributed by atoms with Crippen molar-refractivity contribution in [3.05, 3.63) is 52.6 Å². The summed E-state index contributed by atoms with van der Waals surface area (Å²) in [4.78, 5) is 26.7. The number of nitro benzene ring substituents is 1. The number of anilines is 1. The number of hydrogen-bond acceptors (Lipinski definition) is 7. The average Bonchev–Trinajstić information content (AvgIpc) is 3.10. The van der Waals surface area contributed by atoms with E-state index in [2.05, 4.69) is 15.6 Å². The number of rotatable bonds is 7. The van der Waals surface area contributed by atoms with Crippen molar-refractivity contribution in [2.24, 2.45) is 0 Å². The van der Waals surface area contributed by atoms with Crippen LogP contribution < -0.4 is 10.6 Å². The fourth-order valence-corrected chi connectivity index (χ4v) is 3.71. The van der Waals surface area contributed by atoms with Gasteiger partial charge in [0.1, 0.15) is 10.6 Å². The van der Waals surface area contributed by atoms with Crippen LogP contribution in [0.5, 0.6) is 0 Å². The van der Waals surface area contributed by atoms with Gasteiger partial charge in [0, 0.05) is 36.5 Å². The minimum absolute atomic E-state index is 0.0680. The number of fused-ring (bicyclic) bond motifs is 1. The summed E-state index contributed by atoms with van der Waals surface area (Å²) >= 11 is 1.43. The Hall–Kier alpha value is -3.20. The van der Waals surface area contributed by atoms with Crippen LogP contribution in [0, 0.1) is 10.1 Å². The zero-order valence-corrected chi connectivity index (χ0v) is 17.9. The lowest BCUT2D eigenvalue weighted by atomic mass is 10.2. The molecule has 3 aromatic rings. The third-order valence-electron chi connectivity index (χ3n) is 4.07. The van der Waals surface area contributed by atoms with Crippen LogP contribution in [0.15, 0.2) is 42.5 Å². The molecule has 158 valence electrons. The Morgan fingerprint density at radius 3 is 2.57 bits per heavy atom. The number of aromatic nitrogens is 1. The van der Waals surface area contributed by atoms with Crippen LogP contribution in [-0.2, 0) is 4.74 Å². The molecule has 0 saturated heterocycles. The molecule has 0 atom stereocenters. The summed E-state index contributed by atoms with van der Waals surface area (Å²) in [7, 11) is 0. The van der Waals surface area contributed by atoms with Crippen molar-refractivity contribution in [3.8, 4) is 10.6 Å². The van der Waals surface area contributed by atoms with Crippen molar-refractivity contribution >= 4 is 39.0 Å². The molecule has 0 aliphatic heterocycles. The maximum Gasteiger partial charge on any atom is 0.407 e. The maximum atomic E-state index is 11.6. The quantitative estimate of drug-likeness (QED) is 0.304. The molecular weight excluding hydrogens is 404 g/mol. The van der Waals surface area contributed by atoms with E-state index in [0.717, 1.165) is 32.9 Å². The Kier molecular flexibility index (Phi) is 6.51. The van der Waals surface area contributed by atoms with E-state index in [1.807, 2.05) is 45.0 Å². The van der Waals surface area contributed by atoms with Gasteiger partial charge in [-0.25, -0.2) is 9.78 Å². The van der Waals surface area contributed by atoms with Crippen molar-refractivity contribution in [2.75, 3.05) is 18.4 Å². The zero-order valence-electron chi connectivity index (χ0n) is 17.1. The summed E-state index contributed by atoms with van der Waals surface area (Å²) in [6, 6.07) is 12.6. The van der Waals surface area contributed by atoms with Gasteiger partial charge in [0.05, 0.1) is 15.1 Å². The van der Waals surface area contributed by atoms with Crippen LogP contribution in [0.2, 0.25) is 0 Å². The van der Waals surface area contributed by atoms with Gasteiger partial charge in [0.2, 0.25) is 0 Å². The van der Waals surface area contributed by atoms with Crippen LogP contribution >= 0.6 is 11.3 Å². The first-order chi connectivity index (χ1) is 14.2. The molecule has 2 N–H and O–H groups in total. The van der Waals surface area contributed by atoms with E-state index >= 15 is 0 Å². The van der Waals surface area contributed by atoms with Gasteiger partial charge in [-0.15, -0.1) is 11.3 Å². The van der Waals surface area contributed by atoms with Crippen molar-refractivity contribution in [2.45, 2.75) is 32.8 Å². The Morgan fingerprint density at radius 2 is 1.90 bits per heavy atom. The topological polar surface area (TPSA) is 106 Å². The van der Waals surface area contributed by atoms with Crippen molar-refractivity contribution in [1.82, 2.24) is 10.3 Å². The molecule has 0 aliphatic rings. The first-order valence-corrected chi connectivity index (χ1v) is 10.4. The minimum atomic E-state index is -0.498. The Balaban J connectivity index is 1.51. The highest BCUT2D eigenvalue weighted by molar-refractivity contribution is 7.21. The number of nitro groups is 1. The first-order valence-electron chi connectivity index (χ1n) is 9.57. The molecule has 1 amide bonds. The van der Waals surface area contributed by atoms with Crippen molar-refractivity contribution < 1.29 is 14.5 Å². The van der Waals surface area contributed by atoms with E-state index in [1.54, 1.807) is 12.1 Å². The highest BCUT2D eigenvalue weighted by atomic mass is 32.1. The zero-order chi connectivity index (χ0) is 21.7. The minimum Gasteiger partial charge on any atom is -0.444 e. The molecular formula is C21H24N4O4S. The Bertz CT molecular complexity index is 1040. The van der Waals surface area contributed by atoms with Gasteiger partial charge in [0.25, 0.3) is 5.69 Å². The molecule has 0 radical (unpaired) electrons. The third-order valence-corrected chi connectivity index (χ3v) is 5.13. The van der Waals surface area contributed by atoms with Crippen LogP contribution in [0.3, 0.4) is 0 Å². The average molecular weight is 429 g/mol. The summed E-state index contributed by atoms with van der Waals surface area (Å²) < 4.78 is 5.98. The molecule has 0 spiro atoms. The molecule has 30 heavy (non-hydrogen) atoms. The molecule has 9 heteroatoms. The van der Waals surface area contributed by atoms with Gasteiger partial charge >= 0.3 is 6.09 Å². The second-order valence-corrected chi connectivity index (χ2v) is 8.75. The number of non-ortho nitro benzene ring substituents is 1. The molecule has 1 heterocycles. The smallest absolute Gasteiger partial charge is 0.407 e. The normalized spacial score (nSPS) is 11.3. The molecule has 0 unspecified atom stereocenters. The van der Waals surface area contributed by atoms with Gasteiger partial charge in [-0.3, -0.25) is 10.1 Å². The SMILES string of the molecule is CC(C)(C)OC(=O)NCCCNc1ccc(-c2nc3ccc([N+](=O)[O-])cc3s2)cc1. The Morgan fingerprint density at radius 1 is 1.17 bits per heavy atom. The number of alkyl carbamates (subject to hydrolysis) is 1. The number of nitrogens with zero attached hydrogens (tertiary/aromatic N) is 2. The number of carbonyl (C=O) groups excluding carboxylic acids is 1. The van der Waals surface area contributed by atoms with Crippen molar-refractivity contribution in [3.63, 3.8) is 0 Å². The van der Waals surface area contributed by atoms with E-state index < -0.39 is 16.6 Å². The molecule has 1 aromatic heterocycles. The number of ether oxygens (including phenoxy) is 1. The second kappa shape index (κ2) is 9.08. The number of amides is 1.